The van der Waals surface area contributed by atoms with Crippen molar-refractivity contribution in [2.45, 2.75) is 26.2 Å². The van der Waals surface area contributed by atoms with Crippen LogP contribution in [-0.2, 0) is 5.41 Å². The topological polar surface area (TPSA) is 39.1 Å². The van der Waals surface area contributed by atoms with Crippen LogP contribution in [0.1, 0.15) is 26.3 Å². The highest BCUT2D eigenvalue weighted by molar-refractivity contribution is 7.05. The van der Waals surface area contributed by atoms with Gasteiger partial charge in [-0.15, -0.1) is 0 Å². The fraction of sp³-hybridized carbons (Fsp3) is 0.0339. The van der Waals surface area contributed by atoms with Gasteiger partial charge < -0.3 is 28.6 Å². The lowest BCUT2D eigenvalue weighted by atomic mass is 9.29. The lowest BCUT2D eigenvalue weighted by Gasteiger charge is -2.48. The van der Waals surface area contributed by atoms with Crippen molar-refractivity contribution in [3.8, 4) is 140 Å². The predicted molar refractivity (Wildman–Crippen MR) is 531 cm³/mol. The first-order chi connectivity index (χ1) is 62.7. The van der Waals surface area contributed by atoms with Crippen molar-refractivity contribution >= 4 is 125 Å². The molecule has 6 aliphatic heterocycles. The van der Waals surface area contributed by atoms with E-state index >= 15 is 0 Å². The maximum Gasteiger partial charge on any atom is 0.261 e. The molecule has 1 aromatic heterocycles. The maximum atomic E-state index is 8.67. The Bertz CT molecular complexity index is 7780. The van der Waals surface area contributed by atoms with E-state index in [9.17, 15) is 0 Å². The van der Waals surface area contributed by atoms with Crippen LogP contribution in [0.3, 0.4) is 0 Å². The van der Waals surface area contributed by atoms with E-state index in [0.717, 1.165) is 245 Å². The van der Waals surface area contributed by atoms with E-state index in [1.807, 2.05) is 0 Å². The van der Waals surface area contributed by atoms with Gasteiger partial charge in [0.15, 0.2) is 0 Å². The minimum absolute atomic E-state index is 0.362. The summed E-state index contributed by atoms with van der Waals surface area (Å²) in [7, 11) is 0. The first-order valence-electron chi connectivity index (χ1n) is 44.2. The Kier molecular flexibility index (Phi) is 16.3. The molecule has 0 atom stereocenters. The molecule has 7 heterocycles. The molecule has 0 fully saturated rings. The van der Waals surface area contributed by atoms with E-state index in [1.54, 1.807) is 0 Å². The predicted octanol–water partition coefficient (Wildman–Crippen LogP) is 24.8. The number of aromatic nitrogens is 1. The van der Waals surface area contributed by atoms with E-state index < -0.39 is 18.8 Å². The van der Waals surface area contributed by atoms with Gasteiger partial charge in [0.25, 0.3) is 20.1 Å². The zero-order chi connectivity index (χ0) is 83.9. The molecule has 0 N–H and O–H groups in total. The third-order valence-electron chi connectivity index (χ3n) is 27.5. The summed E-state index contributed by atoms with van der Waals surface area (Å²) in [4.78, 5) is 5.39. The molecule has 6 aliphatic rings. The Balaban J connectivity index is 0.860. The Morgan fingerprint density at radius 3 is 1.04 bits per heavy atom. The molecule has 592 valence electrons. The van der Waals surface area contributed by atoms with Gasteiger partial charge in [-0.3, -0.25) is 0 Å². The minimum Gasteiger partial charge on any atom is -0.459 e. The SMILES string of the molecule is CC(C)(C)c1cc2c3c(c1)N(c1c(-c4ccccc4)cccc1-c1ccccc1)c1cc4c5c(c1B3c1ccc(-c3ccccc3)cc1N2c1c(-c2ccccc2)cccc1-c1ccccc1)Oc1cc(-c2ccccc2)ccc1B5c1c2c3c(c5c6c(-c7ccccc7)cccc6n-4c15)Oc1ccc(-c4ccccc4)cc1B3c1cc(-c3ccccc3)ccc1O2. The number of anilines is 6. The highest BCUT2D eigenvalue weighted by Crippen LogP contribution is 2.58. The average molecular weight is 1620 g/mol. The van der Waals surface area contributed by atoms with Gasteiger partial charge in [-0.2, -0.15) is 0 Å². The molecule has 0 unspecified atom stereocenters. The molecule has 0 saturated heterocycles. The molecule has 0 aliphatic carbocycles. The van der Waals surface area contributed by atoms with Crippen LogP contribution in [0.4, 0.5) is 34.1 Å². The molecule has 0 spiro atoms. The zero-order valence-corrected chi connectivity index (χ0v) is 70.1. The second kappa shape index (κ2) is 28.4. The van der Waals surface area contributed by atoms with Crippen LogP contribution in [0.15, 0.2) is 419 Å². The number of hydrogen-bond donors (Lipinski definition) is 0. The summed E-state index contributed by atoms with van der Waals surface area (Å²) in [6, 6.07) is 155. The van der Waals surface area contributed by atoms with Gasteiger partial charge in [-0.05, 0) is 181 Å². The fourth-order valence-corrected chi connectivity index (χ4v) is 21.8. The van der Waals surface area contributed by atoms with E-state index in [4.69, 9.17) is 14.2 Å². The highest BCUT2D eigenvalue weighted by Gasteiger charge is 2.55. The molecule has 19 aromatic carbocycles. The lowest BCUT2D eigenvalue weighted by Crippen LogP contribution is -2.66. The third kappa shape index (κ3) is 11.1. The van der Waals surface area contributed by atoms with Crippen LogP contribution in [0.25, 0.3) is 128 Å². The van der Waals surface area contributed by atoms with Crippen molar-refractivity contribution < 1.29 is 14.2 Å². The monoisotopic (exact) mass is 1620 g/mol. The van der Waals surface area contributed by atoms with Gasteiger partial charge in [-0.1, -0.05) is 391 Å². The Hall–Kier alpha value is -15.8. The van der Waals surface area contributed by atoms with Crippen molar-refractivity contribution in [1.82, 2.24) is 4.57 Å². The second-order valence-electron chi connectivity index (χ2n) is 35.5. The minimum atomic E-state index is -0.522. The molecule has 0 radical (unpaired) electrons. The van der Waals surface area contributed by atoms with E-state index in [-0.39, 0.29) is 6.71 Å². The number of para-hydroxylation sites is 2. The van der Waals surface area contributed by atoms with Crippen molar-refractivity contribution in [2.24, 2.45) is 0 Å². The summed E-state index contributed by atoms with van der Waals surface area (Å²) in [6.07, 6.45) is 0. The molecule has 0 amide bonds. The summed E-state index contributed by atoms with van der Waals surface area (Å²) in [5.41, 5.74) is 39.7. The Morgan fingerprint density at radius 1 is 0.220 bits per heavy atom. The summed E-state index contributed by atoms with van der Waals surface area (Å²) in [5, 5.41) is 2.11. The van der Waals surface area contributed by atoms with Crippen molar-refractivity contribution in [3.05, 3.63) is 424 Å². The Morgan fingerprint density at radius 2 is 0.575 bits per heavy atom. The van der Waals surface area contributed by atoms with Crippen molar-refractivity contribution in [2.75, 3.05) is 9.80 Å². The first-order valence-corrected chi connectivity index (χ1v) is 44.2. The number of benzene rings is 19. The molecular weight excluding hydrogens is 1540 g/mol. The van der Waals surface area contributed by atoms with Gasteiger partial charge in [0.1, 0.15) is 34.5 Å². The third-order valence-corrected chi connectivity index (χ3v) is 27.5. The molecule has 0 saturated carbocycles. The summed E-state index contributed by atoms with van der Waals surface area (Å²) in [5.74, 6) is 4.77. The Labute approximate surface area is 739 Å². The molecule has 20 aromatic rings. The van der Waals surface area contributed by atoms with Gasteiger partial charge in [0.2, 0.25) is 0 Å². The number of nitrogens with zero attached hydrogens (tertiary/aromatic N) is 3. The van der Waals surface area contributed by atoms with Gasteiger partial charge in [0.05, 0.1) is 27.8 Å². The quantitative estimate of drug-likeness (QED) is 0.121. The van der Waals surface area contributed by atoms with Gasteiger partial charge >= 0.3 is 0 Å². The van der Waals surface area contributed by atoms with Crippen LogP contribution < -0.4 is 73.2 Å². The largest absolute Gasteiger partial charge is 0.459 e. The van der Waals surface area contributed by atoms with E-state index in [2.05, 4.69) is 454 Å². The van der Waals surface area contributed by atoms with Gasteiger partial charge in [-0.25, -0.2) is 0 Å². The van der Waals surface area contributed by atoms with E-state index in [1.165, 1.54) is 5.56 Å². The molecular formula is C118H78B3N3O3. The van der Waals surface area contributed by atoms with Crippen LogP contribution >= 0.6 is 0 Å². The lowest BCUT2D eigenvalue weighted by molar-refractivity contribution is 0.470. The number of ether oxygens (including phenoxy) is 3. The van der Waals surface area contributed by atoms with Crippen molar-refractivity contribution in [1.29, 1.82) is 0 Å². The maximum absolute atomic E-state index is 8.67. The smallest absolute Gasteiger partial charge is 0.261 e. The normalized spacial score (nSPS) is 13.1. The van der Waals surface area contributed by atoms with Crippen molar-refractivity contribution in [3.63, 3.8) is 0 Å². The van der Waals surface area contributed by atoms with Crippen LogP contribution in [0.5, 0.6) is 34.5 Å². The number of rotatable bonds is 11. The molecule has 0 bridgehead atoms. The van der Waals surface area contributed by atoms with Crippen LogP contribution in [-0.4, -0.2) is 24.7 Å². The summed E-state index contributed by atoms with van der Waals surface area (Å²) < 4.78 is 27.6. The molecule has 26 rings (SSSR count). The summed E-state index contributed by atoms with van der Waals surface area (Å²) >= 11 is 0. The second-order valence-corrected chi connectivity index (χ2v) is 35.5. The molecule has 9 heteroatoms. The van der Waals surface area contributed by atoms with E-state index in [0.29, 0.717) is 0 Å². The fourth-order valence-electron chi connectivity index (χ4n) is 21.8. The molecule has 127 heavy (non-hydrogen) atoms. The van der Waals surface area contributed by atoms with Crippen LogP contribution in [0, 0.1) is 0 Å². The zero-order valence-electron chi connectivity index (χ0n) is 70.1. The number of fused-ring (bicyclic) bond motifs is 18. The highest BCUT2D eigenvalue weighted by atomic mass is 16.5. The van der Waals surface area contributed by atoms with Crippen LogP contribution in [0.2, 0.25) is 0 Å². The summed E-state index contributed by atoms with van der Waals surface area (Å²) in [6.45, 7) is 5.79. The average Bonchev–Trinajstić information content (AvgIpc) is 1.55. The number of hydrogen-bond acceptors (Lipinski definition) is 5. The standard InChI is InChI=1S/C118H78B3N3O3/c1-118(2,3)86-70-98-107-99(71-86)124(113-90(80-48-27-11-28-49-80)55-32-56-91(113)81-50-29-12-30-51-81)101-72-100-109-116(108(101)120(107)92-62-58-84(75-38-17-6-18-39-75)68-97(92)123(98)112-88(78-44-23-9-24-45-78)53-31-54-89(112)79-46-25-10-26-47-79)127-104-69-85(76-40-19-7-20-41-76)59-63-93(104)121(109)110-114-106(105-87(77-42-21-8-22-43-77)52-33-57-96(105)122(100)114)115-111-117(110)126-103-65-61-83(74-36-15-5-16-37-74)67-95(103)119(111)94-66-82(60-64-102(94)125-115)73-34-13-4-14-35-73/h4-72H,1-3H3. The van der Waals surface area contributed by atoms with Gasteiger partial charge in [0, 0.05) is 61.5 Å². The molecule has 6 nitrogen and oxygen atoms in total. The first kappa shape index (κ1) is 72.8.